The molecule has 4 aromatic rings. The minimum Gasteiger partial charge on any atom is -0.279 e. The molecule has 0 saturated heterocycles. The average molecular weight is 481 g/mol. The highest BCUT2D eigenvalue weighted by Gasteiger charge is 2.22. The third-order valence-electron chi connectivity index (χ3n) is 5.34. The van der Waals surface area contributed by atoms with E-state index in [2.05, 4.69) is 35.7 Å². The lowest BCUT2D eigenvalue weighted by Crippen LogP contribution is -2.15. The summed E-state index contributed by atoms with van der Waals surface area (Å²) in [5.74, 6) is 1.16. The van der Waals surface area contributed by atoms with E-state index < -0.39 is 10.0 Å². The van der Waals surface area contributed by atoms with Crippen LogP contribution in [0.15, 0.2) is 77.7 Å². The van der Waals surface area contributed by atoms with Crippen molar-refractivity contribution in [3.05, 3.63) is 89.2 Å². The summed E-state index contributed by atoms with van der Waals surface area (Å²) in [6.45, 7) is 8.09. The van der Waals surface area contributed by atoms with Gasteiger partial charge < -0.3 is 0 Å². The van der Waals surface area contributed by atoms with E-state index in [0.29, 0.717) is 27.9 Å². The summed E-state index contributed by atoms with van der Waals surface area (Å²) in [5, 5.41) is 9.01. The molecule has 0 saturated carbocycles. The van der Waals surface area contributed by atoms with Crippen molar-refractivity contribution in [2.75, 3.05) is 4.72 Å². The highest BCUT2D eigenvalue weighted by atomic mass is 35.5. The monoisotopic (exact) mass is 480 g/mol. The van der Waals surface area contributed by atoms with E-state index >= 15 is 0 Å². The van der Waals surface area contributed by atoms with Crippen molar-refractivity contribution in [3.8, 4) is 17.1 Å². The van der Waals surface area contributed by atoms with Crippen molar-refractivity contribution >= 4 is 27.3 Å². The molecule has 1 N–H and O–H groups in total. The largest absolute Gasteiger partial charge is 0.279 e. The number of nitrogens with one attached hydrogen (secondary N) is 1. The van der Waals surface area contributed by atoms with Crippen LogP contribution in [0.3, 0.4) is 0 Å². The Labute approximate surface area is 199 Å². The second-order valence-electron chi connectivity index (χ2n) is 8.81. The molecule has 8 heteroatoms. The second kappa shape index (κ2) is 8.65. The minimum atomic E-state index is -3.84. The van der Waals surface area contributed by atoms with Gasteiger partial charge in [0.15, 0.2) is 5.82 Å². The molecule has 0 radical (unpaired) electrons. The smallest absolute Gasteiger partial charge is 0.261 e. The average Bonchev–Trinajstić information content (AvgIpc) is 3.16. The number of halogens is 1. The van der Waals surface area contributed by atoms with Gasteiger partial charge in [0, 0.05) is 16.3 Å². The quantitative estimate of drug-likeness (QED) is 0.380. The zero-order valence-electron chi connectivity index (χ0n) is 18.9. The Hall–Kier alpha value is -3.16. The van der Waals surface area contributed by atoms with Crippen LogP contribution in [0.25, 0.3) is 17.1 Å². The summed E-state index contributed by atoms with van der Waals surface area (Å²) < 4.78 is 31.0. The molecule has 0 amide bonds. The molecular formula is C25H25ClN4O2S. The van der Waals surface area contributed by atoms with Crippen molar-refractivity contribution in [1.82, 2.24) is 14.8 Å². The Morgan fingerprint density at radius 1 is 0.909 bits per heavy atom. The molecule has 0 aliphatic heterocycles. The van der Waals surface area contributed by atoms with Gasteiger partial charge in [0.1, 0.15) is 5.82 Å². The number of hydrogen-bond acceptors (Lipinski definition) is 4. The van der Waals surface area contributed by atoms with Crippen LogP contribution < -0.4 is 4.72 Å². The van der Waals surface area contributed by atoms with Crippen LogP contribution in [0.1, 0.15) is 32.2 Å². The summed E-state index contributed by atoms with van der Waals surface area (Å²) in [5.41, 5.74) is 2.74. The molecule has 6 nitrogen and oxygen atoms in total. The number of nitrogens with zero attached hydrogens (tertiary/aromatic N) is 3. The fraction of sp³-hybridized carbons (Fsp3) is 0.200. The predicted molar refractivity (Wildman–Crippen MR) is 132 cm³/mol. The SMILES string of the molecule is Cc1nnc(-c2cc(Cl)ccc2NS(=O)(=O)c2ccc(C(C)(C)C)cc2)n1-c1ccccc1. The zero-order valence-corrected chi connectivity index (χ0v) is 20.4. The number of benzene rings is 3. The Balaban J connectivity index is 1.77. The van der Waals surface area contributed by atoms with Gasteiger partial charge in [-0.25, -0.2) is 8.42 Å². The van der Waals surface area contributed by atoms with Crippen LogP contribution in [0.4, 0.5) is 5.69 Å². The molecule has 0 aliphatic carbocycles. The molecule has 0 fully saturated rings. The van der Waals surface area contributed by atoms with E-state index in [1.807, 2.05) is 54.0 Å². The highest BCUT2D eigenvalue weighted by Crippen LogP contribution is 2.33. The fourth-order valence-electron chi connectivity index (χ4n) is 3.55. The van der Waals surface area contributed by atoms with Gasteiger partial charge >= 0.3 is 0 Å². The van der Waals surface area contributed by atoms with E-state index in [0.717, 1.165) is 11.3 Å². The molecule has 0 unspecified atom stereocenters. The van der Waals surface area contributed by atoms with E-state index in [1.165, 1.54) is 0 Å². The van der Waals surface area contributed by atoms with E-state index in [9.17, 15) is 8.42 Å². The Kier molecular flexibility index (Phi) is 6.03. The van der Waals surface area contributed by atoms with Gasteiger partial charge in [-0.15, -0.1) is 10.2 Å². The Morgan fingerprint density at radius 2 is 1.58 bits per heavy atom. The number of para-hydroxylation sites is 1. The number of rotatable bonds is 5. The van der Waals surface area contributed by atoms with Crippen LogP contribution in [0.5, 0.6) is 0 Å². The molecule has 0 aliphatic rings. The normalized spacial score (nSPS) is 12.0. The highest BCUT2D eigenvalue weighted by molar-refractivity contribution is 7.92. The first-order valence-corrected chi connectivity index (χ1v) is 12.3. The topological polar surface area (TPSA) is 76.9 Å². The number of aromatic nitrogens is 3. The molecule has 3 aromatic carbocycles. The van der Waals surface area contributed by atoms with Gasteiger partial charge in [-0.2, -0.15) is 0 Å². The number of anilines is 1. The van der Waals surface area contributed by atoms with Gasteiger partial charge in [-0.05, 0) is 60.4 Å². The van der Waals surface area contributed by atoms with Gasteiger partial charge in [0.25, 0.3) is 10.0 Å². The minimum absolute atomic E-state index is 0.0710. The van der Waals surface area contributed by atoms with Gasteiger partial charge in [0.2, 0.25) is 0 Å². The van der Waals surface area contributed by atoms with E-state index in [1.54, 1.807) is 30.3 Å². The number of aryl methyl sites for hydroxylation is 1. The molecule has 0 atom stereocenters. The zero-order chi connectivity index (χ0) is 23.8. The van der Waals surface area contributed by atoms with E-state index in [4.69, 9.17) is 11.6 Å². The molecule has 170 valence electrons. The van der Waals surface area contributed by atoms with Gasteiger partial charge in [-0.1, -0.05) is 62.7 Å². The van der Waals surface area contributed by atoms with Crippen LogP contribution in [-0.2, 0) is 15.4 Å². The summed E-state index contributed by atoms with van der Waals surface area (Å²) in [4.78, 5) is 0.178. The van der Waals surface area contributed by atoms with Crippen molar-refractivity contribution in [3.63, 3.8) is 0 Å². The van der Waals surface area contributed by atoms with Crippen molar-refractivity contribution in [1.29, 1.82) is 0 Å². The maximum Gasteiger partial charge on any atom is 0.261 e. The number of hydrogen-bond donors (Lipinski definition) is 1. The molecule has 0 bridgehead atoms. The Morgan fingerprint density at radius 3 is 2.21 bits per heavy atom. The number of sulfonamides is 1. The van der Waals surface area contributed by atoms with Crippen LogP contribution >= 0.6 is 11.6 Å². The summed E-state index contributed by atoms with van der Waals surface area (Å²) in [6, 6.07) is 21.5. The first-order chi connectivity index (χ1) is 15.6. The molecule has 0 spiro atoms. The first kappa shape index (κ1) is 23.0. The molecule has 1 aromatic heterocycles. The fourth-order valence-corrected chi connectivity index (χ4v) is 4.80. The summed E-state index contributed by atoms with van der Waals surface area (Å²) >= 11 is 6.29. The molecule has 1 heterocycles. The van der Waals surface area contributed by atoms with Gasteiger partial charge in [-0.3, -0.25) is 9.29 Å². The maximum absolute atomic E-state index is 13.2. The first-order valence-electron chi connectivity index (χ1n) is 10.5. The molecular weight excluding hydrogens is 456 g/mol. The van der Waals surface area contributed by atoms with Crippen LogP contribution in [-0.4, -0.2) is 23.2 Å². The van der Waals surface area contributed by atoms with Gasteiger partial charge in [0.05, 0.1) is 10.6 Å². The lowest BCUT2D eigenvalue weighted by Gasteiger charge is -2.19. The van der Waals surface area contributed by atoms with Crippen LogP contribution in [0.2, 0.25) is 5.02 Å². The third kappa shape index (κ3) is 4.79. The van der Waals surface area contributed by atoms with Crippen molar-refractivity contribution < 1.29 is 8.42 Å². The molecule has 4 rings (SSSR count). The standard InChI is InChI=1S/C25H25ClN4O2S/c1-17-27-28-24(30(17)20-8-6-5-7-9-20)22-16-19(26)12-15-23(22)29-33(31,32)21-13-10-18(11-14-21)25(2,3)4/h5-16,29H,1-4H3. The Bertz CT molecular complexity index is 1390. The lowest BCUT2D eigenvalue weighted by molar-refractivity contribution is 0.587. The van der Waals surface area contributed by atoms with Crippen molar-refractivity contribution in [2.45, 2.75) is 38.0 Å². The maximum atomic E-state index is 13.2. The van der Waals surface area contributed by atoms with E-state index in [-0.39, 0.29) is 10.3 Å². The predicted octanol–water partition coefficient (Wildman–Crippen LogP) is 5.99. The third-order valence-corrected chi connectivity index (χ3v) is 6.95. The molecule has 33 heavy (non-hydrogen) atoms. The van der Waals surface area contributed by atoms with Crippen molar-refractivity contribution in [2.24, 2.45) is 0 Å². The lowest BCUT2D eigenvalue weighted by atomic mass is 9.87. The second-order valence-corrected chi connectivity index (χ2v) is 10.9. The summed E-state index contributed by atoms with van der Waals surface area (Å²) in [6.07, 6.45) is 0. The van der Waals surface area contributed by atoms with Crippen LogP contribution in [0, 0.1) is 6.92 Å². The summed E-state index contributed by atoms with van der Waals surface area (Å²) in [7, 11) is -3.84.